The molecule has 0 bridgehead atoms. The molecule has 0 atom stereocenters. The Labute approximate surface area is 107 Å². The van der Waals surface area contributed by atoms with Gasteiger partial charge >= 0.3 is 12.2 Å². The quantitative estimate of drug-likeness (QED) is 0.762. The summed E-state index contributed by atoms with van der Waals surface area (Å²) in [5.74, 6) is 0. The summed E-state index contributed by atoms with van der Waals surface area (Å²) in [5.41, 5.74) is -0.743. The van der Waals surface area contributed by atoms with Crippen LogP contribution in [0.2, 0.25) is 0 Å². The van der Waals surface area contributed by atoms with E-state index in [0.717, 1.165) is 0 Å². The third-order valence-corrected chi connectivity index (χ3v) is 1.96. The minimum absolute atomic E-state index is 0.0589. The van der Waals surface area contributed by atoms with E-state index >= 15 is 0 Å². The van der Waals surface area contributed by atoms with E-state index in [1.165, 1.54) is 14.2 Å². The molecule has 0 heterocycles. The van der Waals surface area contributed by atoms with Crippen molar-refractivity contribution in [3.8, 4) is 0 Å². The molecule has 0 fully saturated rings. The van der Waals surface area contributed by atoms with Gasteiger partial charge in [-0.1, -0.05) is 0 Å². The number of carboxylic acid groups (broad SMARTS) is 1. The second-order valence-electron chi connectivity index (χ2n) is 4.60. The second-order valence-corrected chi connectivity index (χ2v) is 4.60. The fourth-order valence-electron chi connectivity index (χ4n) is 1.15. The van der Waals surface area contributed by atoms with Crippen LogP contribution >= 0.6 is 0 Å². The molecule has 7 nitrogen and oxygen atoms in total. The maximum absolute atomic E-state index is 11.6. The summed E-state index contributed by atoms with van der Waals surface area (Å²) in [4.78, 5) is 23.2. The highest BCUT2D eigenvalue weighted by molar-refractivity contribution is 5.86. The van der Waals surface area contributed by atoms with Crippen LogP contribution in [-0.2, 0) is 14.2 Å². The van der Waals surface area contributed by atoms with Crippen LogP contribution < -0.4 is 0 Å². The van der Waals surface area contributed by atoms with Gasteiger partial charge in [-0.05, 0) is 20.8 Å². The van der Waals surface area contributed by atoms with Crippen LogP contribution in [0.25, 0.3) is 0 Å². The van der Waals surface area contributed by atoms with Gasteiger partial charge in [0.25, 0.3) is 0 Å². The van der Waals surface area contributed by atoms with E-state index in [1.807, 2.05) is 0 Å². The minimum Gasteiger partial charge on any atom is -0.465 e. The number of ether oxygens (including phenoxy) is 3. The Balaban J connectivity index is 4.48. The Morgan fingerprint density at radius 3 is 2.06 bits per heavy atom. The molecule has 18 heavy (non-hydrogen) atoms. The molecule has 1 N–H and O–H groups in total. The molecule has 0 spiro atoms. The summed E-state index contributed by atoms with van der Waals surface area (Å²) in [6, 6.07) is 0. The number of hydrogen-bond acceptors (Lipinski definition) is 5. The number of hydrogen-bond donors (Lipinski definition) is 1. The molecule has 106 valence electrons. The topological polar surface area (TPSA) is 85.3 Å². The van der Waals surface area contributed by atoms with Crippen LogP contribution in [-0.4, -0.2) is 54.8 Å². The molecular formula is C11H21NO6. The molecule has 0 rings (SSSR count). The zero-order valence-electron chi connectivity index (χ0n) is 11.4. The van der Waals surface area contributed by atoms with Crippen molar-refractivity contribution in [1.29, 1.82) is 0 Å². The fraction of sp³-hybridized carbons (Fsp3) is 0.818. The Hall–Kier alpha value is -1.34. The molecule has 0 aliphatic rings. The van der Waals surface area contributed by atoms with Crippen molar-refractivity contribution in [2.75, 3.05) is 20.8 Å². The van der Waals surface area contributed by atoms with E-state index < -0.39 is 24.1 Å². The van der Waals surface area contributed by atoms with E-state index in [2.05, 4.69) is 0 Å². The number of nitrogens with zero attached hydrogens (tertiary/aromatic N) is 1. The van der Waals surface area contributed by atoms with Crippen molar-refractivity contribution >= 4 is 12.2 Å². The lowest BCUT2D eigenvalue weighted by Gasteiger charge is -2.25. The number of methoxy groups -OCH3 is 2. The summed E-state index contributed by atoms with van der Waals surface area (Å²) in [5, 5.41) is 8.94. The Morgan fingerprint density at radius 2 is 1.72 bits per heavy atom. The van der Waals surface area contributed by atoms with Gasteiger partial charge in [0.05, 0.1) is 0 Å². The molecule has 2 amide bonds. The van der Waals surface area contributed by atoms with Gasteiger partial charge in [0, 0.05) is 27.2 Å². The minimum atomic E-state index is -1.37. The number of amides is 2. The van der Waals surface area contributed by atoms with Gasteiger partial charge in [-0.3, -0.25) is 0 Å². The maximum Gasteiger partial charge on any atom is 0.419 e. The third-order valence-electron chi connectivity index (χ3n) is 1.96. The van der Waals surface area contributed by atoms with Crippen molar-refractivity contribution in [1.82, 2.24) is 4.90 Å². The first kappa shape index (κ1) is 16.7. The van der Waals surface area contributed by atoms with E-state index in [4.69, 9.17) is 19.3 Å². The molecule has 0 unspecified atom stereocenters. The second kappa shape index (κ2) is 7.17. The van der Waals surface area contributed by atoms with Crippen molar-refractivity contribution in [3.63, 3.8) is 0 Å². The average Bonchev–Trinajstić information content (AvgIpc) is 2.21. The fourth-order valence-corrected chi connectivity index (χ4v) is 1.15. The van der Waals surface area contributed by atoms with Gasteiger partial charge in [0.2, 0.25) is 0 Å². The van der Waals surface area contributed by atoms with Crippen LogP contribution in [0.3, 0.4) is 0 Å². The van der Waals surface area contributed by atoms with E-state index in [0.29, 0.717) is 4.90 Å². The number of imide groups is 1. The molecule has 0 saturated carbocycles. The van der Waals surface area contributed by atoms with Crippen LogP contribution in [0, 0.1) is 0 Å². The molecule has 0 saturated heterocycles. The van der Waals surface area contributed by atoms with Crippen molar-refractivity contribution in [2.24, 2.45) is 0 Å². The predicted molar refractivity (Wildman–Crippen MR) is 63.4 cm³/mol. The molecule has 7 heteroatoms. The summed E-state index contributed by atoms with van der Waals surface area (Å²) >= 11 is 0. The van der Waals surface area contributed by atoms with Crippen LogP contribution in [0.5, 0.6) is 0 Å². The van der Waals surface area contributed by atoms with Gasteiger partial charge in [-0.25, -0.2) is 14.5 Å². The van der Waals surface area contributed by atoms with Gasteiger partial charge in [0.1, 0.15) is 5.60 Å². The van der Waals surface area contributed by atoms with E-state index in [-0.39, 0.29) is 13.0 Å². The first-order valence-electron chi connectivity index (χ1n) is 5.50. The number of rotatable bonds is 5. The Kier molecular flexibility index (Phi) is 6.64. The van der Waals surface area contributed by atoms with Crippen molar-refractivity contribution in [3.05, 3.63) is 0 Å². The smallest absolute Gasteiger partial charge is 0.419 e. The molecule has 0 aliphatic carbocycles. The number of carbonyl (C=O) groups excluding carboxylic acids is 1. The van der Waals surface area contributed by atoms with E-state index in [1.54, 1.807) is 20.8 Å². The Bertz CT molecular complexity index is 282. The highest BCUT2D eigenvalue weighted by Gasteiger charge is 2.27. The molecule has 0 aliphatic heterocycles. The zero-order valence-corrected chi connectivity index (χ0v) is 11.4. The summed E-state index contributed by atoms with van der Waals surface area (Å²) in [6.07, 6.45) is -2.59. The standard InChI is InChI=1S/C11H21NO6/c1-11(2,3)18-10(15)12(9(13)14)7-6-8(16-4)17-5/h8H,6-7H2,1-5H3,(H,13,14). The molecule has 0 aromatic rings. The molecular weight excluding hydrogens is 242 g/mol. The predicted octanol–water partition coefficient (Wildman–Crippen LogP) is 1.91. The van der Waals surface area contributed by atoms with Crippen LogP contribution in [0.15, 0.2) is 0 Å². The normalized spacial score (nSPS) is 11.4. The monoisotopic (exact) mass is 263 g/mol. The van der Waals surface area contributed by atoms with Gasteiger partial charge < -0.3 is 19.3 Å². The Morgan fingerprint density at radius 1 is 1.22 bits per heavy atom. The van der Waals surface area contributed by atoms with Crippen LogP contribution in [0.4, 0.5) is 9.59 Å². The summed E-state index contributed by atoms with van der Waals surface area (Å²) < 4.78 is 14.8. The highest BCUT2D eigenvalue weighted by atomic mass is 16.7. The lowest BCUT2D eigenvalue weighted by molar-refractivity contribution is -0.108. The van der Waals surface area contributed by atoms with Crippen molar-refractivity contribution < 1.29 is 28.9 Å². The molecule has 0 aromatic carbocycles. The van der Waals surface area contributed by atoms with Gasteiger partial charge in [-0.2, -0.15) is 0 Å². The number of carbonyl (C=O) groups is 2. The first-order valence-corrected chi connectivity index (χ1v) is 5.50. The highest BCUT2D eigenvalue weighted by Crippen LogP contribution is 2.11. The average molecular weight is 263 g/mol. The molecule has 0 radical (unpaired) electrons. The van der Waals surface area contributed by atoms with E-state index in [9.17, 15) is 9.59 Å². The van der Waals surface area contributed by atoms with Gasteiger partial charge in [-0.15, -0.1) is 0 Å². The lowest BCUT2D eigenvalue weighted by Crippen LogP contribution is -2.41. The summed E-state index contributed by atoms with van der Waals surface area (Å²) in [6.45, 7) is 4.94. The third kappa shape index (κ3) is 6.41. The SMILES string of the molecule is COC(CCN(C(=O)O)C(=O)OC(C)(C)C)OC. The zero-order chi connectivity index (χ0) is 14.3. The summed E-state index contributed by atoms with van der Waals surface area (Å²) in [7, 11) is 2.87. The van der Waals surface area contributed by atoms with Gasteiger partial charge in [0.15, 0.2) is 6.29 Å². The van der Waals surface area contributed by atoms with Crippen LogP contribution in [0.1, 0.15) is 27.2 Å². The molecule has 0 aromatic heterocycles. The van der Waals surface area contributed by atoms with Crippen molar-refractivity contribution in [2.45, 2.75) is 39.1 Å². The maximum atomic E-state index is 11.6. The first-order chi connectivity index (χ1) is 8.21. The largest absolute Gasteiger partial charge is 0.465 e. The lowest BCUT2D eigenvalue weighted by atomic mass is 10.2.